The highest BCUT2D eigenvalue weighted by molar-refractivity contribution is 9.10. The normalized spacial score (nSPS) is 12.6. The van der Waals surface area contributed by atoms with Crippen molar-refractivity contribution in [3.63, 3.8) is 0 Å². The van der Waals surface area contributed by atoms with Gasteiger partial charge in [-0.15, -0.1) is 0 Å². The molecule has 1 rings (SSSR count). The van der Waals surface area contributed by atoms with Gasteiger partial charge in [-0.3, -0.25) is 0 Å². The summed E-state index contributed by atoms with van der Waals surface area (Å²) >= 11 is 3.42. The molecule has 0 radical (unpaired) electrons. The molecule has 13 heavy (non-hydrogen) atoms. The van der Waals surface area contributed by atoms with Crippen molar-refractivity contribution in [1.82, 2.24) is 0 Å². The maximum absolute atomic E-state index is 5.94. The molecule has 0 saturated heterocycles. The van der Waals surface area contributed by atoms with E-state index in [4.69, 9.17) is 10.5 Å². The third-order valence-corrected chi connectivity index (χ3v) is 2.67. The van der Waals surface area contributed by atoms with Crippen molar-refractivity contribution in [1.29, 1.82) is 0 Å². The van der Waals surface area contributed by atoms with Crippen molar-refractivity contribution in [3.05, 3.63) is 28.2 Å². The molecule has 1 aromatic carbocycles. The minimum atomic E-state index is 0.0486. The predicted octanol–water partition coefficient (Wildman–Crippen LogP) is 2.87. The molecule has 1 atom stereocenters. The number of hydrogen-bond acceptors (Lipinski definition) is 2. The summed E-state index contributed by atoms with van der Waals surface area (Å²) in [6.07, 6.45) is 0.910. The molecule has 3 heteroatoms. The van der Waals surface area contributed by atoms with E-state index in [0.717, 1.165) is 22.2 Å². The molecule has 2 nitrogen and oxygen atoms in total. The molecule has 0 saturated carbocycles. The van der Waals surface area contributed by atoms with Gasteiger partial charge in [0.25, 0.3) is 0 Å². The van der Waals surface area contributed by atoms with E-state index in [1.54, 1.807) is 7.11 Å². The van der Waals surface area contributed by atoms with E-state index < -0.39 is 0 Å². The zero-order valence-electron chi connectivity index (χ0n) is 7.88. The lowest BCUT2D eigenvalue weighted by Gasteiger charge is -2.14. The van der Waals surface area contributed by atoms with Gasteiger partial charge in [0.15, 0.2) is 0 Å². The number of para-hydroxylation sites is 1. The monoisotopic (exact) mass is 243 g/mol. The van der Waals surface area contributed by atoms with E-state index in [2.05, 4.69) is 22.9 Å². The van der Waals surface area contributed by atoms with Crippen LogP contribution in [0.1, 0.15) is 24.9 Å². The lowest BCUT2D eigenvalue weighted by Crippen LogP contribution is -2.10. The molecule has 0 bridgehead atoms. The summed E-state index contributed by atoms with van der Waals surface area (Å²) in [5, 5.41) is 0. The average Bonchev–Trinajstić information content (AvgIpc) is 2.16. The summed E-state index contributed by atoms with van der Waals surface area (Å²) in [6.45, 7) is 2.06. The SMILES string of the molecule is CC[C@@H](N)c1cccc(Br)c1OC. The van der Waals surface area contributed by atoms with Crippen LogP contribution in [0.25, 0.3) is 0 Å². The fourth-order valence-corrected chi connectivity index (χ4v) is 1.80. The summed E-state index contributed by atoms with van der Waals surface area (Å²) in [6, 6.07) is 5.97. The fraction of sp³-hybridized carbons (Fsp3) is 0.400. The quantitative estimate of drug-likeness (QED) is 0.887. The van der Waals surface area contributed by atoms with Crippen LogP contribution < -0.4 is 10.5 Å². The first-order valence-electron chi connectivity index (χ1n) is 4.28. The third-order valence-electron chi connectivity index (χ3n) is 2.04. The molecule has 0 aliphatic rings. The summed E-state index contributed by atoms with van der Waals surface area (Å²) in [5.74, 6) is 0.844. The maximum Gasteiger partial charge on any atom is 0.137 e. The van der Waals surface area contributed by atoms with Crippen molar-refractivity contribution < 1.29 is 4.74 Å². The molecule has 0 heterocycles. The van der Waals surface area contributed by atoms with Crippen LogP contribution in [0, 0.1) is 0 Å². The Balaban J connectivity index is 3.12. The second-order valence-corrected chi connectivity index (χ2v) is 3.73. The van der Waals surface area contributed by atoms with Gasteiger partial charge in [0.1, 0.15) is 5.75 Å². The Morgan fingerprint density at radius 1 is 1.54 bits per heavy atom. The van der Waals surface area contributed by atoms with E-state index in [1.165, 1.54) is 0 Å². The van der Waals surface area contributed by atoms with Crippen LogP contribution in [0.3, 0.4) is 0 Å². The van der Waals surface area contributed by atoms with Gasteiger partial charge < -0.3 is 10.5 Å². The maximum atomic E-state index is 5.94. The minimum Gasteiger partial charge on any atom is -0.495 e. The fourth-order valence-electron chi connectivity index (χ4n) is 1.25. The minimum absolute atomic E-state index is 0.0486. The highest BCUT2D eigenvalue weighted by Gasteiger charge is 2.11. The number of rotatable bonds is 3. The number of hydrogen-bond donors (Lipinski definition) is 1. The number of nitrogens with two attached hydrogens (primary N) is 1. The van der Waals surface area contributed by atoms with Crippen LogP contribution in [0.2, 0.25) is 0 Å². The van der Waals surface area contributed by atoms with Gasteiger partial charge in [-0.2, -0.15) is 0 Å². The first-order valence-corrected chi connectivity index (χ1v) is 5.08. The van der Waals surface area contributed by atoms with Crippen molar-refractivity contribution in [2.75, 3.05) is 7.11 Å². The lowest BCUT2D eigenvalue weighted by molar-refractivity contribution is 0.402. The number of benzene rings is 1. The van der Waals surface area contributed by atoms with Crippen molar-refractivity contribution >= 4 is 15.9 Å². The van der Waals surface area contributed by atoms with Crippen molar-refractivity contribution in [2.45, 2.75) is 19.4 Å². The highest BCUT2D eigenvalue weighted by Crippen LogP contribution is 2.32. The smallest absolute Gasteiger partial charge is 0.137 e. The largest absolute Gasteiger partial charge is 0.495 e. The number of halogens is 1. The molecule has 0 amide bonds. The Bertz CT molecular complexity index is 288. The van der Waals surface area contributed by atoms with Crippen molar-refractivity contribution in [3.8, 4) is 5.75 Å². The Labute approximate surface area is 87.2 Å². The Kier molecular flexibility index (Phi) is 3.75. The first-order chi connectivity index (χ1) is 6.20. The zero-order chi connectivity index (χ0) is 9.84. The van der Waals surface area contributed by atoms with Crippen LogP contribution in [0.5, 0.6) is 5.75 Å². The molecule has 0 aliphatic heterocycles. The standard InChI is InChI=1S/C10H14BrNO/c1-3-9(12)7-5-4-6-8(11)10(7)13-2/h4-6,9H,3,12H2,1-2H3/t9-/m1/s1. The number of ether oxygens (including phenoxy) is 1. The van der Waals surface area contributed by atoms with Gasteiger partial charge in [-0.25, -0.2) is 0 Å². The first kappa shape index (κ1) is 10.5. The summed E-state index contributed by atoms with van der Waals surface area (Å²) in [4.78, 5) is 0. The summed E-state index contributed by atoms with van der Waals surface area (Å²) < 4.78 is 6.23. The molecular formula is C10H14BrNO. The van der Waals surface area contributed by atoms with Gasteiger partial charge in [-0.1, -0.05) is 19.1 Å². The molecule has 1 aromatic rings. The van der Waals surface area contributed by atoms with Crippen LogP contribution in [0.15, 0.2) is 22.7 Å². The van der Waals surface area contributed by atoms with E-state index in [0.29, 0.717) is 0 Å². The highest BCUT2D eigenvalue weighted by atomic mass is 79.9. The summed E-state index contributed by atoms with van der Waals surface area (Å²) in [5.41, 5.74) is 6.99. The Hall–Kier alpha value is -0.540. The average molecular weight is 244 g/mol. The summed E-state index contributed by atoms with van der Waals surface area (Å²) in [7, 11) is 1.66. The topological polar surface area (TPSA) is 35.2 Å². The molecule has 0 fully saturated rings. The van der Waals surface area contributed by atoms with Gasteiger partial charge in [0, 0.05) is 11.6 Å². The van der Waals surface area contributed by atoms with Gasteiger partial charge in [0.05, 0.1) is 11.6 Å². The van der Waals surface area contributed by atoms with Gasteiger partial charge >= 0.3 is 0 Å². The van der Waals surface area contributed by atoms with Crippen LogP contribution in [-0.4, -0.2) is 7.11 Å². The zero-order valence-corrected chi connectivity index (χ0v) is 9.47. The molecule has 0 aromatic heterocycles. The molecule has 0 aliphatic carbocycles. The molecule has 0 spiro atoms. The Morgan fingerprint density at radius 3 is 2.77 bits per heavy atom. The van der Waals surface area contributed by atoms with E-state index >= 15 is 0 Å². The van der Waals surface area contributed by atoms with Gasteiger partial charge in [-0.05, 0) is 28.4 Å². The lowest BCUT2D eigenvalue weighted by atomic mass is 10.0. The van der Waals surface area contributed by atoms with Gasteiger partial charge in [0.2, 0.25) is 0 Å². The second-order valence-electron chi connectivity index (χ2n) is 2.88. The predicted molar refractivity (Wildman–Crippen MR) is 57.9 cm³/mol. The third kappa shape index (κ3) is 2.23. The molecule has 2 N–H and O–H groups in total. The van der Waals surface area contributed by atoms with E-state index in [-0.39, 0.29) is 6.04 Å². The van der Waals surface area contributed by atoms with Crippen molar-refractivity contribution in [2.24, 2.45) is 5.73 Å². The van der Waals surface area contributed by atoms with E-state index in [1.807, 2.05) is 18.2 Å². The second kappa shape index (κ2) is 4.63. The molecule has 0 unspecified atom stereocenters. The van der Waals surface area contributed by atoms with E-state index in [9.17, 15) is 0 Å². The molecular weight excluding hydrogens is 230 g/mol. The van der Waals surface area contributed by atoms with Crippen LogP contribution in [-0.2, 0) is 0 Å². The Morgan fingerprint density at radius 2 is 2.23 bits per heavy atom. The molecule has 72 valence electrons. The van der Waals surface area contributed by atoms with Crippen LogP contribution >= 0.6 is 15.9 Å². The van der Waals surface area contributed by atoms with Crippen LogP contribution in [0.4, 0.5) is 0 Å². The number of methoxy groups -OCH3 is 1.